The van der Waals surface area contributed by atoms with Gasteiger partial charge in [-0.3, -0.25) is 4.79 Å². The van der Waals surface area contributed by atoms with Crippen LogP contribution in [0.2, 0.25) is 0 Å². The number of hydrogen-bond acceptors (Lipinski definition) is 1. The first kappa shape index (κ1) is 10.4. The van der Waals surface area contributed by atoms with E-state index < -0.39 is 0 Å². The Hall–Kier alpha value is -1.11. The van der Waals surface area contributed by atoms with Crippen molar-refractivity contribution in [3.63, 3.8) is 0 Å². The molecular formula is C14H18O. The average Bonchev–Trinajstić information content (AvgIpc) is 2.18. The molecule has 1 unspecified atom stereocenters. The van der Waals surface area contributed by atoms with Crippen LogP contribution in [0, 0.1) is 19.3 Å². The van der Waals surface area contributed by atoms with E-state index >= 15 is 0 Å². The minimum absolute atomic E-state index is 0.154. The molecule has 1 aliphatic rings. The molecule has 1 saturated carbocycles. The number of rotatable bonds is 1. The fourth-order valence-electron chi connectivity index (χ4n) is 2.40. The standard InChI is InChI=1S/C14H18O/c1-9-5-6-10(2)11(7-9)12-8-13(15)14(12,3)4/h5-7,12H,8H2,1-4H3. The Morgan fingerprint density at radius 1 is 1.27 bits per heavy atom. The Balaban J connectivity index is 2.39. The number of aryl methyl sites for hydroxylation is 2. The van der Waals surface area contributed by atoms with Gasteiger partial charge in [0.25, 0.3) is 0 Å². The number of benzene rings is 1. The van der Waals surface area contributed by atoms with Crippen LogP contribution in [-0.2, 0) is 4.79 Å². The Labute approximate surface area is 91.5 Å². The van der Waals surface area contributed by atoms with Crippen molar-refractivity contribution in [3.8, 4) is 0 Å². The van der Waals surface area contributed by atoms with Crippen LogP contribution in [0.1, 0.15) is 42.9 Å². The molecule has 1 aromatic carbocycles. The summed E-state index contributed by atoms with van der Waals surface area (Å²) >= 11 is 0. The minimum Gasteiger partial charge on any atom is -0.299 e. The maximum Gasteiger partial charge on any atom is 0.139 e. The van der Waals surface area contributed by atoms with E-state index in [4.69, 9.17) is 0 Å². The number of carbonyl (C=O) groups excluding carboxylic acids is 1. The Morgan fingerprint density at radius 3 is 2.47 bits per heavy atom. The maximum absolute atomic E-state index is 11.5. The smallest absolute Gasteiger partial charge is 0.139 e. The predicted molar refractivity (Wildman–Crippen MR) is 62.1 cm³/mol. The molecule has 0 aliphatic heterocycles. The molecule has 1 atom stereocenters. The van der Waals surface area contributed by atoms with Gasteiger partial charge >= 0.3 is 0 Å². The lowest BCUT2D eigenvalue weighted by Crippen LogP contribution is -2.43. The molecule has 15 heavy (non-hydrogen) atoms. The summed E-state index contributed by atoms with van der Waals surface area (Å²) in [4.78, 5) is 11.5. The van der Waals surface area contributed by atoms with Crippen LogP contribution in [0.5, 0.6) is 0 Å². The summed E-state index contributed by atoms with van der Waals surface area (Å²) in [6.45, 7) is 8.36. The summed E-state index contributed by atoms with van der Waals surface area (Å²) < 4.78 is 0. The van der Waals surface area contributed by atoms with Gasteiger partial charge in [0, 0.05) is 17.8 Å². The van der Waals surface area contributed by atoms with Gasteiger partial charge in [0.1, 0.15) is 5.78 Å². The molecule has 0 radical (unpaired) electrons. The third-order valence-corrected chi connectivity index (χ3v) is 3.79. The Morgan fingerprint density at radius 2 is 1.93 bits per heavy atom. The van der Waals surface area contributed by atoms with Crippen molar-refractivity contribution in [1.82, 2.24) is 0 Å². The van der Waals surface area contributed by atoms with Crippen molar-refractivity contribution in [2.24, 2.45) is 5.41 Å². The van der Waals surface area contributed by atoms with Crippen LogP contribution in [0.15, 0.2) is 18.2 Å². The van der Waals surface area contributed by atoms with Crippen molar-refractivity contribution in [2.75, 3.05) is 0 Å². The molecule has 0 aromatic heterocycles. The minimum atomic E-state index is -0.154. The fourth-order valence-corrected chi connectivity index (χ4v) is 2.40. The van der Waals surface area contributed by atoms with E-state index in [1.54, 1.807) is 0 Å². The lowest BCUT2D eigenvalue weighted by molar-refractivity contribution is -0.137. The van der Waals surface area contributed by atoms with Crippen molar-refractivity contribution < 1.29 is 4.79 Å². The Kier molecular flexibility index (Phi) is 2.22. The van der Waals surface area contributed by atoms with Gasteiger partial charge in [0.15, 0.2) is 0 Å². The molecular weight excluding hydrogens is 184 g/mol. The monoisotopic (exact) mass is 202 g/mol. The molecule has 0 bridgehead atoms. The van der Waals surface area contributed by atoms with E-state index in [2.05, 4.69) is 45.9 Å². The summed E-state index contributed by atoms with van der Waals surface area (Å²) in [5.41, 5.74) is 3.80. The van der Waals surface area contributed by atoms with Gasteiger partial charge < -0.3 is 0 Å². The summed E-state index contributed by atoms with van der Waals surface area (Å²) in [7, 11) is 0. The second-order valence-corrected chi connectivity index (χ2v) is 5.26. The van der Waals surface area contributed by atoms with Gasteiger partial charge in [-0.1, -0.05) is 37.6 Å². The van der Waals surface area contributed by atoms with Gasteiger partial charge in [-0.15, -0.1) is 0 Å². The summed E-state index contributed by atoms with van der Waals surface area (Å²) in [6.07, 6.45) is 0.720. The van der Waals surface area contributed by atoms with Gasteiger partial charge in [-0.2, -0.15) is 0 Å². The highest BCUT2D eigenvalue weighted by atomic mass is 16.1. The second-order valence-electron chi connectivity index (χ2n) is 5.26. The van der Waals surface area contributed by atoms with E-state index in [1.165, 1.54) is 16.7 Å². The van der Waals surface area contributed by atoms with Gasteiger partial charge in [0.2, 0.25) is 0 Å². The SMILES string of the molecule is Cc1ccc(C)c(C2CC(=O)C2(C)C)c1. The molecule has 0 saturated heterocycles. The van der Waals surface area contributed by atoms with Crippen molar-refractivity contribution in [3.05, 3.63) is 34.9 Å². The van der Waals surface area contributed by atoms with Crippen LogP contribution in [-0.4, -0.2) is 5.78 Å². The summed E-state index contributed by atoms with van der Waals surface area (Å²) in [6, 6.07) is 6.52. The molecule has 0 spiro atoms. The van der Waals surface area contributed by atoms with E-state index in [1.807, 2.05) is 0 Å². The topological polar surface area (TPSA) is 17.1 Å². The zero-order valence-corrected chi connectivity index (χ0v) is 9.92. The lowest BCUT2D eigenvalue weighted by atomic mass is 9.58. The third-order valence-electron chi connectivity index (χ3n) is 3.79. The molecule has 1 heteroatoms. The highest BCUT2D eigenvalue weighted by Crippen LogP contribution is 2.50. The quantitative estimate of drug-likeness (QED) is 0.682. The van der Waals surface area contributed by atoms with Crippen molar-refractivity contribution >= 4 is 5.78 Å². The maximum atomic E-state index is 11.5. The highest BCUT2D eigenvalue weighted by Gasteiger charge is 2.48. The fraction of sp³-hybridized carbons (Fsp3) is 0.500. The molecule has 0 heterocycles. The molecule has 1 fully saturated rings. The van der Waals surface area contributed by atoms with Gasteiger partial charge in [-0.25, -0.2) is 0 Å². The lowest BCUT2D eigenvalue weighted by Gasteiger charge is -2.43. The molecule has 80 valence electrons. The van der Waals surface area contributed by atoms with Crippen LogP contribution in [0.4, 0.5) is 0 Å². The zero-order valence-electron chi connectivity index (χ0n) is 9.92. The van der Waals surface area contributed by atoms with E-state index in [-0.39, 0.29) is 5.41 Å². The predicted octanol–water partition coefficient (Wildman–Crippen LogP) is 3.39. The molecule has 0 N–H and O–H groups in total. The normalized spacial score (nSPS) is 23.7. The zero-order chi connectivity index (χ0) is 11.2. The first-order chi connectivity index (χ1) is 6.93. The average molecular weight is 202 g/mol. The molecule has 2 rings (SSSR count). The van der Waals surface area contributed by atoms with E-state index in [0.717, 1.165) is 6.42 Å². The number of hydrogen-bond donors (Lipinski definition) is 0. The number of Topliss-reactive ketones (excluding diaryl/α,β-unsaturated/α-hetero) is 1. The van der Waals surface area contributed by atoms with E-state index in [0.29, 0.717) is 11.7 Å². The van der Waals surface area contributed by atoms with Crippen LogP contribution in [0.3, 0.4) is 0 Å². The first-order valence-corrected chi connectivity index (χ1v) is 5.53. The third kappa shape index (κ3) is 1.50. The van der Waals surface area contributed by atoms with Crippen molar-refractivity contribution in [2.45, 2.75) is 40.0 Å². The number of ketones is 1. The van der Waals surface area contributed by atoms with Crippen LogP contribution in [0.25, 0.3) is 0 Å². The molecule has 1 nitrogen and oxygen atoms in total. The van der Waals surface area contributed by atoms with E-state index in [9.17, 15) is 4.79 Å². The second kappa shape index (κ2) is 3.19. The molecule has 1 aliphatic carbocycles. The van der Waals surface area contributed by atoms with Gasteiger partial charge in [-0.05, 0) is 25.0 Å². The van der Waals surface area contributed by atoms with Gasteiger partial charge in [0.05, 0.1) is 0 Å². The summed E-state index contributed by atoms with van der Waals surface area (Å²) in [5.74, 6) is 0.818. The van der Waals surface area contributed by atoms with Crippen molar-refractivity contribution in [1.29, 1.82) is 0 Å². The first-order valence-electron chi connectivity index (χ1n) is 5.53. The Bertz CT molecular complexity index is 415. The molecule has 0 amide bonds. The summed E-state index contributed by atoms with van der Waals surface area (Å²) in [5, 5.41) is 0. The molecule has 1 aromatic rings. The van der Waals surface area contributed by atoms with Crippen LogP contribution >= 0.6 is 0 Å². The number of carbonyl (C=O) groups is 1. The largest absolute Gasteiger partial charge is 0.299 e. The highest BCUT2D eigenvalue weighted by molar-refractivity contribution is 5.92. The van der Waals surface area contributed by atoms with Crippen LogP contribution < -0.4 is 0 Å².